The number of hydrogen-bond acceptors (Lipinski definition) is 3. The van der Waals surface area contributed by atoms with Gasteiger partial charge in [0, 0.05) is 38.8 Å². The SMILES string of the molecule is CC1CN(CC2CCCO2)CC(C)(C)CN1. The molecule has 16 heavy (non-hydrogen) atoms. The third-order valence-corrected chi connectivity index (χ3v) is 3.60. The molecule has 94 valence electrons. The van der Waals surface area contributed by atoms with E-state index < -0.39 is 0 Å². The number of nitrogens with zero attached hydrogens (tertiary/aromatic N) is 1. The van der Waals surface area contributed by atoms with Gasteiger partial charge in [0.05, 0.1) is 6.10 Å². The third-order valence-electron chi connectivity index (χ3n) is 3.60. The molecule has 3 heteroatoms. The van der Waals surface area contributed by atoms with Crippen molar-refractivity contribution >= 4 is 0 Å². The van der Waals surface area contributed by atoms with Crippen LogP contribution in [0.25, 0.3) is 0 Å². The number of hydrogen-bond donors (Lipinski definition) is 1. The van der Waals surface area contributed by atoms with Crippen LogP contribution in [0.15, 0.2) is 0 Å². The fourth-order valence-corrected chi connectivity index (χ4v) is 2.84. The van der Waals surface area contributed by atoms with E-state index in [1.54, 1.807) is 0 Å². The summed E-state index contributed by atoms with van der Waals surface area (Å²) in [5, 5.41) is 3.61. The number of ether oxygens (including phenoxy) is 1. The maximum atomic E-state index is 5.74. The van der Waals surface area contributed by atoms with E-state index >= 15 is 0 Å². The predicted octanol–water partition coefficient (Wildman–Crippen LogP) is 1.49. The van der Waals surface area contributed by atoms with E-state index in [-0.39, 0.29) is 0 Å². The molecule has 2 fully saturated rings. The highest BCUT2D eigenvalue weighted by molar-refractivity contribution is 4.85. The van der Waals surface area contributed by atoms with Crippen molar-refractivity contribution in [3.8, 4) is 0 Å². The van der Waals surface area contributed by atoms with Gasteiger partial charge in [-0.05, 0) is 25.2 Å². The Labute approximate surface area is 99.5 Å². The normalized spacial score (nSPS) is 36.2. The molecule has 0 aliphatic carbocycles. The summed E-state index contributed by atoms with van der Waals surface area (Å²) >= 11 is 0. The van der Waals surface area contributed by atoms with Crippen LogP contribution in [0.4, 0.5) is 0 Å². The second-order valence-electron chi connectivity index (χ2n) is 6.28. The monoisotopic (exact) mass is 226 g/mol. The van der Waals surface area contributed by atoms with Crippen molar-refractivity contribution in [3.63, 3.8) is 0 Å². The summed E-state index contributed by atoms with van der Waals surface area (Å²) in [4.78, 5) is 2.58. The van der Waals surface area contributed by atoms with Gasteiger partial charge in [0.15, 0.2) is 0 Å². The number of rotatable bonds is 2. The summed E-state index contributed by atoms with van der Waals surface area (Å²) in [7, 11) is 0. The van der Waals surface area contributed by atoms with Gasteiger partial charge in [-0.3, -0.25) is 4.90 Å². The molecule has 0 spiro atoms. The molecule has 2 rings (SSSR count). The minimum absolute atomic E-state index is 0.378. The van der Waals surface area contributed by atoms with Crippen LogP contribution >= 0.6 is 0 Å². The van der Waals surface area contributed by atoms with E-state index in [0.29, 0.717) is 17.6 Å². The van der Waals surface area contributed by atoms with Crippen LogP contribution in [0.2, 0.25) is 0 Å². The van der Waals surface area contributed by atoms with Crippen LogP contribution in [0, 0.1) is 5.41 Å². The standard InChI is InChI=1S/C13H26N2O/c1-11-7-15(8-12-5-4-6-16-12)10-13(2,3)9-14-11/h11-12,14H,4-10H2,1-3H3. The number of nitrogens with one attached hydrogen (secondary N) is 1. The van der Waals surface area contributed by atoms with Gasteiger partial charge < -0.3 is 10.1 Å². The molecular weight excluding hydrogens is 200 g/mol. The molecule has 0 saturated carbocycles. The van der Waals surface area contributed by atoms with Crippen molar-refractivity contribution in [2.45, 2.75) is 45.8 Å². The van der Waals surface area contributed by atoms with Crippen LogP contribution in [-0.4, -0.2) is 49.8 Å². The molecule has 0 radical (unpaired) electrons. The Morgan fingerprint density at radius 3 is 2.94 bits per heavy atom. The highest BCUT2D eigenvalue weighted by Crippen LogP contribution is 2.21. The second-order valence-corrected chi connectivity index (χ2v) is 6.28. The van der Waals surface area contributed by atoms with E-state index in [2.05, 4.69) is 31.0 Å². The van der Waals surface area contributed by atoms with Crippen molar-refractivity contribution < 1.29 is 4.74 Å². The third kappa shape index (κ3) is 3.44. The molecule has 2 heterocycles. The van der Waals surface area contributed by atoms with E-state index in [4.69, 9.17) is 4.74 Å². The highest BCUT2D eigenvalue weighted by Gasteiger charge is 2.29. The molecule has 2 atom stereocenters. The predicted molar refractivity (Wildman–Crippen MR) is 66.7 cm³/mol. The Morgan fingerprint density at radius 2 is 2.25 bits per heavy atom. The smallest absolute Gasteiger partial charge is 0.0702 e. The molecule has 2 unspecified atom stereocenters. The fraction of sp³-hybridized carbons (Fsp3) is 1.00. The Hall–Kier alpha value is -0.120. The zero-order valence-corrected chi connectivity index (χ0v) is 11.0. The molecule has 1 N–H and O–H groups in total. The lowest BCUT2D eigenvalue weighted by Crippen LogP contribution is -2.40. The van der Waals surface area contributed by atoms with Crippen LogP contribution in [-0.2, 0) is 4.74 Å². The molecule has 0 aromatic carbocycles. The molecule has 0 aromatic heterocycles. The average Bonchev–Trinajstić information content (AvgIpc) is 2.62. The Bertz CT molecular complexity index is 224. The first-order valence-electron chi connectivity index (χ1n) is 6.62. The van der Waals surface area contributed by atoms with Crippen molar-refractivity contribution in [2.24, 2.45) is 5.41 Å². The Kier molecular flexibility index (Phi) is 3.88. The first-order chi connectivity index (χ1) is 7.55. The van der Waals surface area contributed by atoms with Gasteiger partial charge in [-0.15, -0.1) is 0 Å². The van der Waals surface area contributed by atoms with Crippen molar-refractivity contribution in [2.75, 3.05) is 32.8 Å². The van der Waals surface area contributed by atoms with Gasteiger partial charge in [-0.2, -0.15) is 0 Å². The molecule has 0 bridgehead atoms. The molecule has 2 saturated heterocycles. The molecule has 2 aliphatic heterocycles. The zero-order chi connectivity index (χ0) is 11.6. The summed E-state index contributed by atoms with van der Waals surface area (Å²) in [6, 6.07) is 0.600. The maximum Gasteiger partial charge on any atom is 0.0702 e. The first-order valence-corrected chi connectivity index (χ1v) is 6.62. The quantitative estimate of drug-likeness (QED) is 0.772. The van der Waals surface area contributed by atoms with Crippen LogP contribution in [0.1, 0.15) is 33.6 Å². The van der Waals surface area contributed by atoms with Crippen LogP contribution in [0.5, 0.6) is 0 Å². The van der Waals surface area contributed by atoms with Gasteiger partial charge in [-0.25, -0.2) is 0 Å². The lowest BCUT2D eigenvalue weighted by atomic mass is 9.93. The van der Waals surface area contributed by atoms with Gasteiger partial charge in [-0.1, -0.05) is 13.8 Å². The summed E-state index contributed by atoms with van der Waals surface area (Å²) < 4.78 is 5.74. The lowest BCUT2D eigenvalue weighted by Gasteiger charge is -2.30. The van der Waals surface area contributed by atoms with E-state index in [1.807, 2.05) is 0 Å². The molecule has 2 aliphatic rings. The Morgan fingerprint density at radius 1 is 1.44 bits per heavy atom. The first kappa shape index (κ1) is 12.3. The highest BCUT2D eigenvalue weighted by atomic mass is 16.5. The van der Waals surface area contributed by atoms with Crippen molar-refractivity contribution in [1.82, 2.24) is 10.2 Å². The van der Waals surface area contributed by atoms with Gasteiger partial charge in [0.1, 0.15) is 0 Å². The lowest BCUT2D eigenvalue weighted by molar-refractivity contribution is 0.0637. The second kappa shape index (κ2) is 5.03. The summed E-state index contributed by atoms with van der Waals surface area (Å²) in [6.45, 7) is 12.5. The maximum absolute atomic E-state index is 5.74. The van der Waals surface area contributed by atoms with Gasteiger partial charge in [0.2, 0.25) is 0 Å². The van der Waals surface area contributed by atoms with Gasteiger partial charge in [0.25, 0.3) is 0 Å². The summed E-state index contributed by atoms with van der Waals surface area (Å²) in [5.41, 5.74) is 0.378. The van der Waals surface area contributed by atoms with Crippen LogP contribution in [0.3, 0.4) is 0 Å². The molecule has 3 nitrogen and oxygen atoms in total. The molecular formula is C13H26N2O. The summed E-state index contributed by atoms with van der Waals surface area (Å²) in [5.74, 6) is 0. The Balaban J connectivity index is 1.90. The largest absolute Gasteiger partial charge is 0.377 e. The van der Waals surface area contributed by atoms with Crippen LogP contribution < -0.4 is 5.32 Å². The van der Waals surface area contributed by atoms with Gasteiger partial charge >= 0.3 is 0 Å². The molecule has 0 aromatic rings. The van der Waals surface area contributed by atoms with Crippen molar-refractivity contribution in [3.05, 3.63) is 0 Å². The zero-order valence-electron chi connectivity index (χ0n) is 11.0. The van der Waals surface area contributed by atoms with E-state index in [9.17, 15) is 0 Å². The molecule has 0 amide bonds. The summed E-state index contributed by atoms with van der Waals surface area (Å²) in [6.07, 6.45) is 2.98. The van der Waals surface area contributed by atoms with Crippen molar-refractivity contribution in [1.29, 1.82) is 0 Å². The van der Waals surface area contributed by atoms with E-state index in [1.165, 1.54) is 19.4 Å². The average molecular weight is 226 g/mol. The minimum Gasteiger partial charge on any atom is -0.377 e. The van der Waals surface area contributed by atoms with E-state index in [0.717, 1.165) is 26.2 Å². The minimum atomic E-state index is 0.378. The topological polar surface area (TPSA) is 24.5 Å². The fourth-order valence-electron chi connectivity index (χ4n) is 2.84.